The van der Waals surface area contributed by atoms with Crippen LogP contribution in [-0.4, -0.2) is 32.7 Å². The Labute approximate surface area is 135 Å². The zero-order chi connectivity index (χ0) is 16.3. The van der Waals surface area contributed by atoms with Crippen LogP contribution in [0.25, 0.3) is 0 Å². The molecule has 2 aromatic rings. The zero-order valence-corrected chi connectivity index (χ0v) is 14.6. The molecule has 0 aliphatic heterocycles. The lowest BCUT2D eigenvalue weighted by molar-refractivity contribution is 0.194. The van der Waals surface area contributed by atoms with Crippen LogP contribution >= 0.6 is 11.3 Å². The van der Waals surface area contributed by atoms with Crippen molar-refractivity contribution < 1.29 is 4.79 Å². The summed E-state index contributed by atoms with van der Waals surface area (Å²) in [6.45, 7) is 6.60. The second kappa shape index (κ2) is 6.91. The molecular weight excluding hydrogens is 298 g/mol. The predicted octanol–water partition coefficient (Wildman–Crippen LogP) is 2.65. The van der Waals surface area contributed by atoms with Gasteiger partial charge in [0.25, 0.3) is 0 Å². The Morgan fingerprint density at radius 1 is 1.55 bits per heavy atom. The fraction of sp³-hybridized carbons (Fsp3) is 0.533. The van der Waals surface area contributed by atoms with Gasteiger partial charge in [0.2, 0.25) is 0 Å². The number of hydrogen-bond donors (Lipinski definition) is 1. The quantitative estimate of drug-likeness (QED) is 0.921. The minimum absolute atomic E-state index is 0.00402. The van der Waals surface area contributed by atoms with Gasteiger partial charge in [-0.3, -0.25) is 4.68 Å². The molecule has 2 rings (SSSR count). The number of hydrogen-bond acceptors (Lipinski definition) is 4. The summed E-state index contributed by atoms with van der Waals surface area (Å²) < 4.78 is 1.75. The molecule has 0 aliphatic carbocycles. The summed E-state index contributed by atoms with van der Waals surface area (Å²) in [5.41, 5.74) is 1.98. The minimum atomic E-state index is -0.0976. The summed E-state index contributed by atoms with van der Waals surface area (Å²) in [6, 6.07) is 1.80. The molecule has 2 heterocycles. The number of nitrogens with zero attached hydrogens (tertiary/aromatic N) is 4. The second-order valence-electron chi connectivity index (χ2n) is 5.30. The van der Waals surface area contributed by atoms with Crippen molar-refractivity contribution in [2.45, 2.75) is 39.8 Å². The van der Waals surface area contributed by atoms with E-state index >= 15 is 0 Å². The van der Waals surface area contributed by atoms with E-state index < -0.39 is 0 Å². The van der Waals surface area contributed by atoms with Crippen molar-refractivity contribution >= 4 is 17.4 Å². The van der Waals surface area contributed by atoms with Gasteiger partial charge in [0.15, 0.2) is 0 Å². The Bertz CT molecular complexity index is 648. The summed E-state index contributed by atoms with van der Waals surface area (Å²) in [5.74, 6) is 0. The molecule has 2 amide bonds. The summed E-state index contributed by atoms with van der Waals surface area (Å²) >= 11 is 1.68. The highest BCUT2D eigenvalue weighted by Crippen LogP contribution is 2.28. The first-order chi connectivity index (χ1) is 10.4. The third-order valence-corrected chi connectivity index (χ3v) is 5.28. The number of aromatic nitrogens is 3. The minimum Gasteiger partial charge on any atom is -0.332 e. The molecule has 120 valence electrons. The molecule has 0 spiro atoms. The average molecular weight is 321 g/mol. The van der Waals surface area contributed by atoms with Crippen LogP contribution in [0.4, 0.5) is 4.79 Å². The Morgan fingerprint density at radius 3 is 2.82 bits per heavy atom. The van der Waals surface area contributed by atoms with Crippen LogP contribution in [0.3, 0.4) is 0 Å². The first-order valence-electron chi connectivity index (χ1n) is 7.37. The molecule has 0 fully saturated rings. The van der Waals surface area contributed by atoms with Crippen molar-refractivity contribution in [3.8, 4) is 0 Å². The fourth-order valence-electron chi connectivity index (χ4n) is 2.22. The van der Waals surface area contributed by atoms with E-state index in [2.05, 4.69) is 22.3 Å². The van der Waals surface area contributed by atoms with Crippen molar-refractivity contribution in [3.05, 3.63) is 33.5 Å². The molecule has 22 heavy (non-hydrogen) atoms. The van der Waals surface area contributed by atoms with Crippen LogP contribution < -0.4 is 5.32 Å². The zero-order valence-electron chi connectivity index (χ0n) is 13.8. The van der Waals surface area contributed by atoms with Crippen LogP contribution in [0.15, 0.2) is 12.3 Å². The number of thiazole rings is 1. The Kier molecular flexibility index (Phi) is 5.18. The summed E-state index contributed by atoms with van der Waals surface area (Å²) in [7, 11) is 3.68. The van der Waals surface area contributed by atoms with Crippen LogP contribution in [-0.2, 0) is 20.0 Å². The average Bonchev–Trinajstić information content (AvgIpc) is 3.08. The number of carbonyl (C=O) groups excluding carboxylic acids is 1. The molecule has 0 radical (unpaired) electrons. The van der Waals surface area contributed by atoms with E-state index in [0.29, 0.717) is 6.54 Å². The van der Waals surface area contributed by atoms with E-state index in [1.807, 2.05) is 34.0 Å². The van der Waals surface area contributed by atoms with E-state index in [-0.39, 0.29) is 12.1 Å². The second-order valence-corrected chi connectivity index (χ2v) is 6.42. The molecule has 0 aromatic carbocycles. The summed E-state index contributed by atoms with van der Waals surface area (Å²) in [5, 5.41) is 8.13. The molecule has 2 aromatic heterocycles. The lowest BCUT2D eigenvalue weighted by Gasteiger charge is -2.24. The Morgan fingerprint density at radius 2 is 2.27 bits per heavy atom. The van der Waals surface area contributed by atoms with E-state index in [4.69, 9.17) is 0 Å². The summed E-state index contributed by atoms with van der Waals surface area (Å²) in [4.78, 5) is 19.7. The number of rotatable bonds is 5. The van der Waals surface area contributed by atoms with Gasteiger partial charge in [-0.15, -0.1) is 11.3 Å². The van der Waals surface area contributed by atoms with Gasteiger partial charge >= 0.3 is 6.03 Å². The van der Waals surface area contributed by atoms with Gasteiger partial charge in [0, 0.05) is 25.2 Å². The fourth-order valence-corrected chi connectivity index (χ4v) is 3.32. The molecular formula is C15H23N5OS. The number of amides is 2. The van der Waals surface area contributed by atoms with E-state index in [0.717, 1.165) is 27.7 Å². The first kappa shape index (κ1) is 16.5. The van der Waals surface area contributed by atoms with Gasteiger partial charge < -0.3 is 10.2 Å². The molecule has 1 atom stereocenters. The Hall–Kier alpha value is -1.89. The smallest absolute Gasteiger partial charge is 0.317 e. The number of urea groups is 1. The highest BCUT2D eigenvalue weighted by atomic mass is 32.1. The number of aryl methyl sites for hydroxylation is 3. The number of nitrogens with one attached hydrogen (secondary N) is 1. The maximum Gasteiger partial charge on any atom is 0.317 e. The van der Waals surface area contributed by atoms with Gasteiger partial charge in [0.1, 0.15) is 0 Å². The van der Waals surface area contributed by atoms with Crippen LogP contribution in [0.5, 0.6) is 0 Å². The molecule has 6 nitrogen and oxygen atoms in total. The monoisotopic (exact) mass is 321 g/mol. The molecule has 0 aliphatic rings. The first-order valence-corrected chi connectivity index (χ1v) is 8.19. The van der Waals surface area contributed by atoms with Gasteiger partial charge in [-0.25, -0.2) is 9.78 Å². The van der Waals surface area contributed by atoms with Crippen molar-refractivity contribution in [1.82, 2.24) is 25.0 Å². The summed E-state index contributed by atoms with van der Waals surface area (Å²) in [6.07, 6.45) is 2.65. The normalized spacial score (nSPS) is 12.2. The van der Waals surface area contributed by atoms with Crippen molar-refractivity contribution in [2.24, 2.45) is 7.05 Å². The largest absolute Gasteiger partial charge is 0.332 e. The lowest BCUT2D eigenvalue weighted by Crippen LogP contribution is -2.38. The Balaban J connectivity index is 2.00. The highest BCUT2D eigenvalue weighted by molar-refractivity contribution is 7.11. The lowest BCUT2D eigenvalue weighted by atomic mass is 10.2. The standard InChI is InChI=1S/C15H23N5OS/c1-6-13-18-10(2)14(22-13)11(3)19(4)15(21)16-9-12-7-8-17-20(12)5/h7-8,11H,6,9H2,1-5H3,(H,16,21)/t11-/m1/s1. The molecule has 0 saturated heterocycles. The van der Waals surface area contributed by atoms with Gasteiger partial charge in [-0.2, -0.15) is 5.10 Å². The van der Waals surface area contributed by atoms with E-state index in [1.54, 1.807) is 27.1 Å². The van der Waals surface area contributed by atoms with Crippen LogP contribution in [0, 0.1) is 6.92 Å². The molecule has 7 heteroatoms. The van der Waals surface area contributed by atoms with E-state index in [9.17, 15) is 4.79 Å². The molecule has 0 saturated carbocycles. The molecule has 0 bridgehead atoms. The van der Waals surface area contributed by atoms with E-state index in [1.165, 1.54) is 0 Å². The third-order valence-electron chi connectivity index (χ3n) is 3.80. The number of carbonyl (C=O) groups is 1. The van der Waals surface area contributed by atoms with Gasteiger partial charge in [-0.1, -0.05) is 6.92 Å². The molecule has 0 unspecified atom stereocenters. The molecule has 1 N–H and O–H groups in total. The van der Waals surface area contributed by atoms with Crippen molar-refractivity contribution in [1.29, 1.82) is 0 Å². The topological polar surface area (TPSA) is 63.1 Å². The highest BCUT2D eigenvalue weighted by Gasteiger charge is 2.21. The SMILES string of the molecule is CCc1nc(C)c([C@@H](C)N(C)C(=O)NCc2ccnn2C)s1. The van der Waals surface area contributed by atoms with Gasteiger partial charge in [-0.05, 0) is 26.3 Å². The van der Waals surface area contributed by atoms with Crippen molar-refractivity contribution in [2.75, 3.05) is 7.05 Å². The third kappa shape index (κ3) is 3.47. The maximum atomic E-state index is 12.3. The predicted molar refractivity (Wildman–Crippen MR) is 87.9 cm³/mol. The maximum absolute atomic E-state index is 12.3. The van der Waals surface area contributed by atoms with Crippen molar-refractivity contribution in [3.63, 3.8) is 0 Å². The van der Waals surface area contributed by atoms with Crippen LogP contribution in [0.1, 0.15) is 41.2 Å². The van der Waals surface area contributed by atoms with Gasteiger partial charge in [0.05, 0.1) is 29.0 Å². The van der Waals surface area contributed by atoms with Crippen LogP contribution in [0.2, 0.25) is 0 Å².